The van der Waals surface area contributed by atoms with Crippen molar-refractivity contribution in [3.8, 4) is 0 Å². The third-order valence-corrected chi connectivity index (χ3v) is 3.39. The van der Waals surface area contributed by atoms with E-state index in [2.05, 4.69) is 24.2 Å². The van der Waals surface area contributed by atoms with Gasteiger partial charge in [0.05, 0.1) is 0 Å². The molecule has 1 aliphatic rings. The van der Waals surface area contributed by atoms with Crippen LogP contribution in [0.1, 0.15) is 45.4 Å². The van der Waals surface area contributed by atoms with Crippen molar-refractivity contribution in [3.63, 3.8) is 0 Å². The SMILES string of the molecule is CCCNCCN(C)CC1CCCCC1. The second-order valence-electron chi connectivity index (χ2n) is 5.02. The number of hydrogen-bond acceptors (Lipinski definition) is 2. The van der Waals surface area contributed by atoms with Crippen LogP contribution in [-0.2, 0) is 0 Å². The number of nitrogens with one attached hydrogen (secondary N) is 1. The monoisotopic (exact) mass is 212 g/mol. The molecule has 0 aromatic carbocycles. The van der Waals surface area contributed by atoms with E-state index >= 15 is 0 Å². The predicted octanol–water partition coefficient (Wildman–Crippen LogP) is 2.50. The Balaban J connectivity index is 1.98. The Hall–Kier alpha value is -0.0800. The molecule has 0 aromatic heterocycles. The van der Waals surface area contributed by atoms with Gasteiger partial charge in [-0.05, 0) is 38.8 Å². The first kappa shape index (κ1) is 13.0. The molecule has 1 aliphatic carbocycles. The van der Waals surface area contributed by atoms with Crippen molar-refractivity contribution in [2.24, 2.45) is 5.92 Å². The molecule has 1 fully saturated rings. The average Bonchev–Trinajstić information content (AvgIpc) is 2.26. The average molecular weight is 212 g/mol. The van der Waals surface area contributed by atoms with E-state index in [1.54, 1.807) is 0 Å². The van der Waals surface area contributed by atoms with Crippen LogP contribution in [0.25, 0.3) is 0 Å². The van der Waals surface area contributed by atoms with Crippen molar-refractivity contribution in [1.82, 2.24) is 10.2 Å². The summed E-state index contributed by atoms with van der Waals surface area (Å²) in [5.74, 6) is 0.981. The van der Waals surface area contributed by atoms with Crippen LogP contribution < -0.4 is 5.32 Å². The lowest BCUT2D eigenvalue weighted by Gasteiger charge is -2.27. The van der Waals surface area contributed by atoms with Gasteiger partial charge in [-0.25, -0.2) is 0 Å². The highest BCUT2D eigenvalue weighted by Gasteiger charge is 2.14. The molecule has 2 nitrogen and oxygen atoms in total. The van der Waals surface area contributed by atoms with E-state index in [0.29, 0.717) is 0 Å². The van der Waals surface area contributed by atoms with Crippen LogP contribution in [0.3, 0.4) is 0 Å². The first-order valence-corrected chi connectivity index (χ1v) is 6.72. The van der Waals surface area contributed by atoms with Gasteiger partial charge in [0.15, 0.2) is 0 Å². The molecule has 15 heavy (non-hydrogen) atoms. The summed E-state index contributed by atoms with van der Waals surface area (Å²) in [7, 11) is 2.27. The number of likely N-dealkylation sites (N-methyl/N-ethyl adjacent to an activating group) is 1. The Kier molecular flexibility index (Phi) is 7.03. The molecule has 90 valence electrons. The van der Waals surface area contributed by atoms with Crippen molar-refractivity contribution >= 4 is 0 Å². The highest BCUT2D eigenvalue weighted by Crippen LogP contribution is 2.23. The summed E-state index contributed by atoms with van der Waals surface area (Å²) in [5.41, 5.74) is 0. The van der Waals surface area contributed by atoms with Gasteiger partial charge in [-0.2, -0.15) is 0 Å². The van der Waals surface area contributed by atoms with Crippen LogP contribution in [0.5, 0.6) is 0 Å². The topological polar surface area (TPSA) is 15.3 Å². The minimum absolute atomic E-state index is 0.981. The van der Waals surface area contributed by atoms with Crippen LogP contribution in [0.4, 0.5) is 0 Å². The summed E-state index contributed by atoms with van der Waals surface area (Å²) in [6, 6.07) is 0. The van der Waals surface area contributed by atoms with E-state index in [1.807, 2.05) is 0 Å². The largest absolute Gasteiger partial charge is 0.315 e. The summed E-state index contributed by atoms with van der Waals surface area (Å²) < 4.78 is 0. The first-order valence-electron chi connectivity index (χ1n) is 6.72. The number of hydrogen-bond donors (Lipinski definition) is 1. The molecular weight excluding hydrogens is 184 g/mol. The molecule has 1 rings (SSSR count). The smallest absolute Gasteiger partial charge is 0.0104 e. The van der Waals surface area contributed by atoms with E-state index in [4.69, 9.17) is 0 Å². The van der Waals surface area contributed by atoms with Gasteiger partial charge in [-0.15, -0.1) is 0 Å². The third-order valence-electron chi connectivity index (χ3n) is 3.39. The number of nitrogens with zero attached hydrogens (tertiary/aromatic N) is 1. The van der Waals surface area contributed by atoms with Gasteiger partial charge in [0.25, 0.3) is 0 Å². The fraction of sp³-hybridized carbons (Fsp3) is 1.00. The van der Waals surface area contributed by atoms with E-state index < -0.39 is 0 Å². The van der Waals surface area contributed by atoms with E-state index in [1.165, 1.54) is 51.6 Å². The van der Waals surface area contributed by atoms with E-state index in [0.717, 1.165) is 19.0 Å². The van der Waals surface area contributed by atoms with Crippen molar-refractivity contribution in [2.45, 2.75) is 45.4 Å². The molecule has 0 spiro atoms. The van der Waals surface area contributed by atoms with Crippen LogP contribution in [0, 0.1) is 5.92 Å². The first-order chi connectivity index (χ1) is 7.33. The Labute approximate surface area is 95.4 Å². The van der Waals surface area contributed by atoms with E-state index in [9.17, 15) is 0 Å². The Morgan fingerprint density at radius 3 is 2.53 bits per heavy atom. The normalized spacial score (nSPS) is 18.6. The zero-order valence-corrected chi connectivity index (χ0v) is 10.6. The molecule has 0 atom stereocenters. The quantitative estimate of drug-likeness (QED) is 0.652. The number of rotatable bonds is 7. The summed E-state index contributed by atoms with van der Waals surface area (Å²) in [6.07, 6.45) is 8.57. The zero-order chi connectivity index (χ0) is 10.9. The lowest BCUT2D eigenvalue weighted by molar-refractivity contribution is 0.234. The molecule has 1 N–H and O–H groups in total. The molecule has 0 bridgehead atoms. The fourth-order valence-electron chi connectivity index (χ4n) is 2.47. The molecule has 0 aliphatic heterocycles. The van der Waals surface area contributed by atoms with Gasteiger partial charge in [-0.1, -0.05) is 26.2 Å². The second kappa shape index (κ2) is 8.12. The zero-order valence-electron chi connectivity index (χ0n) is 10.6. The molecular formula is C13H28N2. The Morgan fingerprint density at radius 2 is 1.87 bits per heavy atom. The van der Waals surface area contributed by atoms with Gasteiger partial charge >= 0.3 is 0 Å². The second-order valence-corrected chi connectivity index (χ2v) is 5.02. The maximum Gasteiger partial charge on any atom is 0.0104 e. The van der Waals surface area contributed by atoms with E-state index in [-0.39, 0.29) is 0 Å². The van der Waals surface area contributed by atoms with Crippen molar-refractivity contribution in [1.29, 1.82) is 0 Å². The van der Waals surface area contributed by atoms with Crippen molar-refractivity contribution in [3.05, 3.63) is 0 Å². The minimum Gasteiger partial charge on any atom is -0.315 e. The lowest BCUT2D eigenvalue weighted by atomic mass is 9.89. The Bertz CT molecular complexity index is 141. The standard InChI is InChI=1S/C13H28N2/c1-3-9-14-10-11-15(2)12-13-7-5-4-6-8-13/h13-14H,3-12H2,1-2H3. The molecule has 0 unspecified atom stereocenters. The maximum absolute atomic E-state index is 3.46. The van der Waals surface area contributed by atoms with Crippen LogP contribution >= 0.6 is 0 Å². The van der Waals surface area contributed by atoms with Crippen LogP contribution in [-0.4, -0.2) is 38.1 Å². The summed E-state index contributed by atoms with van der Waals surface area (Å²) in [5, 5.41) is 3.46. The van der Waals surface area contributed by atoms with Gasteiger partial charge in [-0.3, -0.25) is 0 Å². The fourth-order valence-corrected chi connectivity index (χ4v) is 2.47. The van der Waals surface area contributed by atoms with Gasteiger partial charge < -0.3 is 10.2 Å². The molecule has 0 heterocycles. The van der Waals surface area contributed by atoms with Gasteiger partial charge in [0.1, 0.15) is 0 Å². The molecule has 1 saturated carbocycles. The molecule has 0 amide bonds. The maximum atomic E-state index is 3.46. The van der Waals surface area contributed by atoms with Crippen LogP contribution in [0.2, 0.25) is 0 Å². The van der Waals surface area contributed by atoms with Crippen molar-refractivity contribution < 1.29 is 0 Å². The van der Waals surface area contributed by atoms with Crippen LogP contribution in [0.15, 0.2) is 0 Å². The molecule has 0 aromatic rings. The molecule has 0 saturated heterocycles. The molecule has 0 radical (unpaired) electrons. The Morgan fingerprint density at radius 1 is 1.13 bits per heavy atom. The summed E-state index contributed by atoms with van der Waals surface area (Å²) in [4.78, 5) is 2.50. The highest BCUT2D eigenvalue weighted by molar-refractivity contribution is 4.69. The van der Waals surface area contributed by atoms with Gasteiger partial charge in [0, 0.05) is 19.6 Å². The highest BCUT2D eigenvalue weighted by atomic mass is 15.1. The summed E-state index contributed by atoms with van der Waals surface area (Å²) >= 11 is 0. The third kappa shape index (κ3) is 6.16. The predicted molar refractivity (Wildman–Crippen MR) is 67.2 cm³/mol. The minimum atomic E-state index is 0.981. The lowest BCUT2D eigenvalue weighted by Crippen LogP contribution is -2.33. The molecule has 2 heteroatoms. The van der Waals surface area contributed by atoms with Crippen molar-refractivity contribution in [2.75, 3.05) is 33.2 Å². The van der Waals surface area contributed by atoms with Gasteiger partial charge in [0.2, 0.25) is 0 Å². The summed E-state index contributed by atoms with van der Waals surface area (Å²) in [6.45, 7) is 7.05.